The van der Waals surface area contributed by atoms with Gasteiger partial charge in [-0.3, -0.25) is 4.68 Å². The topological polar surface area (TPSA) is 47.1 Å². The molecule has 0 aromatic carbocycles. The molecule has 1 unspecified atom stereocenters. The van der Waals surface area contributed by atoms with Gasteiger partial charge in [0.05, 0.1) is 0 Å². The van der Waals surface area contributed by atoms with Gasteiger partial charge < -0.3 is 10.6 Å². The summed E-state index contributed by atoms with van der Waals surface area (Å²) in [6, 6.07) is 2.36. The summed E-state index contributed by atoms with van der Waals surface area (Å²) >= 11 is 0. The molecular weight excluding hydrogens is 188 g/mol. The van der Waals surface area contributed by atoms with Crippen molar-refractivity contribution in [3.05, 3.63) is 12.3 Å². The van der Waals surface area contributed by atoms with Crippen molar-refractivity contribution >= 4 is 5.82 Å². The highest BCUT2D eigenvalue weighted by atomic mass is 15.3. The van der Waals surface area contributed by atoms with E-state index in [1.807, 2.05) is 37.8 Å². The average Bonchev–Trinajstić information content (AvgIpc) is 2.68. The molecule has 1 aromatic rings. The SMILES string of the molecule is CC.Cn1ccc(N2CCCC(N)C2)n1. The number of piperidine rings is 1. The van der Waals surface area contributed by atoms with E-state index in [0.717, 1.165) is 25.3 Å². The van der Waals surface area contributed by atoms with Crippen molar-refractivity contribution in [1.29, 1.82) is 0 Å². The average molecular weight is 210 g/mol. The molecule has 2 heterocycles. The second-order valence-corrected chi connectivity index (χ2v) is 3.70. The summed E-state index contributed by atoms with van der Waals surface area (Å²) in [4.78, 5) is 2.26. The maximum absolute atomic E-state index is 5.89. The van der Waals surface area contributed by atoms with Crippen LogP contribution in [0.1, 0.15) is 26.7 Å². The van der Waals surface area contributed by atoms with Gasteiger partial charge in [0.1, 0.15) is 0 Å². The Morgan fingerprint density at radius 2 is 2.20 bits per heavy atom. The minimum atomic E-state index is 0.316. The van der Waals surface area contributed by atoms with E-state index in [1.54, 1.807) is 0 Å². The van der Waals surface area contributed by atoms with E-state index in [-0.39, 0.29) is 0 Å². The summed E-state index contributed by atoms with van der Waals surface area (Å²) < 4.78 is 1.83. The molecule has 0 aliphatic carbocycles. The van der Waals surface area contributed by atoms with E-state index in [0.29, 0.717) is 6.04 Å². The number of hydrogen-bond acceptors (Lipinski definition) is 3. The van der Waals surface area contributed by atoms with Crippen molar-refractivity contribution in [3.8, 4) is 0 Å². The third kappa shape index (κ3) is 3.23. The molecule has 1 saturated heterocycles. The van der Waals surface area contributed by atoms with E-state index in [2.05, 4.69) is 10.00 Å². The molecule has 1 aliphatic rings. The van der Waals surface area contributed by atoms with Gasteiger partial charge >= 0.3 is 0 Å². The van der Waals surface area contributed by atoms with Gasteiger partial charge in [0, 0.05) is 38.4 Å². The second kappa shape index (κ2) is 5.75. The van der Waals surface area contributed by atoms with E-state index in [1.165, 1.54) is 6.42 Å². The number of rotatable bonds is 1. The Kier molecular flexibility index (Phi) is 4.62. The maximum atomic E-state index is 5.89. The molecule has 1 fully saturated rings. The Hall–Kier alpha value is -1.03. The summed E-state index contributed by atoms with van der Waals surface area (Å²) in [5, 5.41) is 4.36. The Bertz CT molecular complexity index is 282. The molecule has 0 saturated carbocycles. The molecule has 1 atom stereocenters. The van der Waals surface area contributed by atoms with Gasteiger partial charge in [-0.1, -0.05) is 13.8 Å². The van der Waals surface area contributed by atoms with Crippen LogP contribution < -0.4 is 10.6 Å². The minimum Gasteiger partial charge on any atom is -0.354 e. The lowest BCUT2D eigenvalue weighted by Gasteiger charge is -2.30. The Balaban J connectivity index is 0.000000531. The molecule has 4 heteroatoms. The van der Waals surface area contributed by atoms with Crippen molar-refractivity contribution in [2.45, 2.75) is 32.7 Å². The normalized spacial score (nSPS) is 20.8. The van der Waals surface area contributed by atoms with Crippen LogP contribution in [-0.2, 0) is 7.05 Å². The molecule has 4 nitrogen and oxygen atoms in total. The van der Waals surface area contributed by atoms with Crippen LogP contribution in [0.25, 0.3) is 0 Å². The van der Waals surface area contributed by atoms with Crippen LogP contribution in [0.4, 0.5) is 5.82 Å². The van der Waals surface area contributed by atoms with Crippen LogP contribution in [0.5, 0.6) is 0 Å². The quantitative estimate of drug-likeness (QED) is 0.761. The number of aryl methyl sites for hydroxylation is 1. The highest BCUT2D eigenvalue weighted by Gasteiger charge is 2.17. The summed E-state index contributed by atoms with van der Waals surface area (Å²) in [5.41, 5.74) is 5.89. The van der Waals surface area contributed by atoms with Gasteiger partial charge in [-0.25, -0.2) is 0 Å². The zero-order chi connectivity index (χ0) is 11.3. The fraction of sp³-hybridized carbons (Fsp3) is 0.727. The molecule has 2 N–H and O–H groups in total. The summed E-state index contributed by atoms with van der Waals surface area (Å²) in [7, 11) is 1.94. The van der Waals surface area contributed by atoms with Gasteiger partial charge in [0.25, 0.3) is 0 Å². The molecule has 0 spiro atoms. The monoisotopic (exact) mass is 210 g/mol. The van der Waals surface area contributed by atoms with Crippen LogP contribution in [0.2, 0.25) is 0 Å². The lowest BCUT2D eigenvalue weighted by Crippen LogP contribution is -2.43. The molecule has 0 bridgehead atoms. The Morgan fingerprint density at radius 1 is 1.47 bits per heavy atom. The van der Waals surface area contributed by atoms with Gasteiger partial charge in [-0.15, -0.1) is 0 Å². The predicted octanol–water partition coefficient (Wildman–Crippen LogP) is 1.37. The minimum absolute atomic E-state index is 0.316. The van der Waals surface area contributed by atoms with E-state index < -0.39 is 0 Å². The fourth-order valence-electron chi connectivity index (χ4n) is 1.79. The first-order valence-electron chi connectivity index (χ1n) is 5.76. The summed E-state index contributed by atoms with van der Waals surface area (Å²) in [6.07, 6.45) is 4.29. The highest BCUT2D eigenvalue weighted by Crippen LogP contribution is 2.16. The van der Waals surface area contributed by atoms with Crippen LogP contribution in [0.15, 0.2) is 12.3 Å². The van der Waals surface area contributed by atoms with E-state index in [9.17, 15) is 0 Å². The number of aromatic nitrogens is 2. The molecule has 1 aromatic heterocycles. The molecule has 2 rings (SSSR count). The van der Waals surface area contributed by atoms with Crippen LogP contribution in [0.3, 0.4) is 0 Å². The van der Waals surface area contributed by atoms with Gasteiger partial charge in [0.2, 0.25) is 0 Å². The third-order valence-electron chi connectivity index (χ3n) is 2.48. The molecule has 0 amide bonds. The van der Waals surface area contributed by atoms with E-state index in [4.69, 9.17) is 5.73 Å². The van der Waals surface area contributed by atoms with Crippen LogP contribution >= 0.6 is 0 Å². The lowest BCUT2D eigenvalue weighted by molar-refractivity contribution is 0.501. The first-order valence-corrected chi connectivity index (χ1v) is 5.76. The third-order valence-corrected chi connectivity index (χ3v) is 2.48. The van der Waals surface area contributed by atoms with Crippen molar-refractivity contribution < 1.29 is 0 Å². The van der Waals surface area contributed by atoms with Crippen molar-refractivity contribution in [2.24, 2.45) is 12.8 Å². The van der Waals surface area contributed by atoms with Crippen LogP contribution in [-0.4, -0.2) is 28.9 Å². The maximum Gasteiger partial charge on any atom is 0.150 e. The zero-order valence-corrected chi connectivity index (χ0v) is 9.98. The second-order valence-electron chi connectivity index (χ2n) is 3.70. The number of anilines is 1. The highest BCUT2D eigenvalue weighted by molar-refractivity contribution is 5.37. The molecule has 1 aliphatic heterocycles. The van der Waals surface area contributed by atoms with Crippen molar-refractivity contribution in [1.82, 2.24) is 9.78 Å². The van der Waals surface area contributed by atoms with Crippen molar-refractivity contribution in [3.63, 3.8) is 0 Å². The smallest absolute Gasteiger partial charge is 0.150 e. The zero-order valence-electron chi connectivity index (χ0n) is 9.98. The molecule has 15 heavy (non-hydrogen) atoms. The Morgan fingerprint density at radius 3 is 2.73 bits per heavy atom. The molecular formula is C11H22N4. The molecule has 0 radical (unpaired) electrons. The summed E-state index contributed by atoms with van der Waals surface area (Å²) in [5.74, 6) is 1.05. The number of nitrogens with zero attached hydrogens (tertiary/aromatic N) is 3. The lowest BCUT2D eigenvalue weighted by atomic mass is 10.1. The van der Waals surface area contributed by atoms with Gasteiger partial charge in [0.15, 0.2) is 5.82 Å². The standard InChI is InChI=1S/C9H16N4.C2H6/c1-12-6-4-9(11-12)13-5-2-3-8(10)7-13;1-2/h4,6,8H,2-3,5,7,10H2,1H3;1-2H3. The first kappa shape index (κ1) is 12.0. The summed E-state index contributed by atoms with van der Waals surface area (Å²) in [6.45, 7) is 6.03. The largest absolute Gasteiger partial charge is 0.354 e. The van der Waals surface area contributed by atoms with E-state index >= 15 is 0 Å². The Labute approximate surface area is 92.1 Å². The van der Waals surface area contributed by atoms with Crippen LogP contribution in [0, 0.1) is 0 Å². The van der Waals surface area contributed by atoms with Crippen molar-refractivity contribution in [2.75, 3.05) is 18.0 Å². The van der Waals surface area contributed by atoms with Gasteiger partial charge in [-0.05, 0) is 12.8 Å². The predicted molar refractivity (Wildman–Crippen MR) is 64.0 cm³/mol. The first-order chi connectivity index (χ1) is 7.25. The molecule has 86 valence electrons. The number of hydrogen-bond donors (Lipinski definition) is 1. The fourth-order valence-corrected chi connectivity index (χ4v) is 1.79. The number of nitrogens with two attached hydrogens (primary N) is 1. The van der Waals surface area contributed by atoms with Gasteiger partial charge in [-0.2, -0.15) is 5.10 Å².